The molecule has 15 rings (SSSR count). The molecule has 0 aromatic heterocycles. The second-order valence-electron chi connectivity index (χ2n) is 30.5. The number of rotatable bonds is 16. The van der Waals surface area contributed by atoms with E-state index in [-0.39, 0.29) is 65.3 Å². The van der Waals surface area contributed by atoms with Gasteiger partial charge in [-0.05, 0) is 262 Å². The van der Waals surface area contributed by atoms with Crippen molar-refractivity contribution in [2.75, 3.05) is 0 Å². The average molecular weight is 1560 g/mol. The quantitative estimate of drug-likeness (QED) is 0.0846. The van der Waals surface area contributed by atoms with Crippen molar-refractivity contribution in [1.82, 2.24) is 0 Å². The zero-order valence-electron chi connectivity index (χ0n) is 67.7. The fourth-order valence-corrected chi connectivity index (χ4v) is 23.8. The maximum Gasteiger partial charge on any atom is 0.169 e. The Morgan fingerprint density at radius 1 is 0.188 bits per heavy atom. The van der Waals surface area contributed by atoms with Gasteiger partial charge in [0.15, 0.2) is 73.4 Å². The van der Waals surface area contributed by atoms with Gasteiger partial charge in [0.1, 0.15) is 0 Å². The average Bonchev–Trinajstić information content (AvgIpc) is 0.815. The summed E-state index contributed by atoms with van der Waals surface area (Å²) < 4.78 is 0. The van der Waals surface area contributed by atoms with Gasteiger partial charge in [-0.1, -0.05) is 297 Å². The molecule has 0 radical (unpaired) electrons. The van der Waals surface area contributed by atoms with Crippen molar-refractivity contribution in [2.24, 2.45) is 0 Å². The smallest absolute Gasteiger partial charge is 0.0619 e. The lowest BCUT2D eigenvalue weighted by atomic mass is 9.87. The molecule has 0 aliphatic carbocycles. The van der Waals surface area contributed by atoms with Crippen LogP contribution in [0.25, 0.3) is 0 Å². The summed E-state index contributed by atoms with van der Waals surface area (Å²) in [5.41, 5.74) is 12.5. The van der Waals surface area contributed by atoms with Crippen molar-refractivity contribution in [3.8, 4) is 0 Å². The van der Waals surface area contributed by atoms with Gasteiger partial charge in [0.2, 0.25) is 0 Å². The minimum Gasteiger partial charge on any atom is -0.0619 e. The van der Waals surface area contributed by atoms with Gasteiger partial charge in [0.05, 0.1) is 54.5 Å². The lowest BCUT2D eigenvalue weighted by molar-refractivity contribution is 0.589. The highest BCUT2D eigenvalue weighted by Gasteiger charge is 2.34. The highest BCUT2D eigenvalue weighted by atomic mass is 32.2. The Labute approximate surface area is 686 Å². The molecule has 15 aromatic carbocycles. The van der Waals surface area contributed by atoms with E-state index in [2.05, 4.69) is 497 Å². The van der Waals surface area contributed by atoms with Crippen LogP contribution in [-0.2, 0) is 65.3 Å². The molecule has 0 saturated carbocycles. The van der Waals surface area contributed by atoms with Crippen LogP contribution in [0.3, 0.4) is 0 Å². The second-order valence-corrected chi connectivity index (χ2v) is 40.6. The number of benzene rings is 15. The molecule has 0 atom stereocenters. The molecule has 0 spiro atoms. The third-order valence-electron chi connectivity index (χ3n) is 19.0. The van der Waals surface area contributed by atoms with E-state index in [0.29, 0.717) is 5.92 Å². The number of aryl methyl sites for hydroxylation is 6. The van der Waals surface area contributed by atoms with Gasteiger partial charge in [0, 0.05) is 5.56 Å². The second kappa shape index (κ2) is 40.5. The number of hydrogen-bond donors (Lipinski definition) is 0. The van der Waals surface area contributed by atoms with E-state index in [1.54, 1.807) is 0 Å². The Bertz CT molecular complexity index is 5020. The van der Waals surface area contributed by atoms with Crippen molar-refractivity contribution >= 4 is 54.5 Å². The largest absolute Gasteiger partial charge is 0.169 e. The zero-order chi connectivity index (χ0) is 79.0. The fourth-order valence-electron chi connectivity index (χ4n) is 13.1. The SMILES string of the molecule is CC(C)(C)c1ccc([S+](c2ccccc2)c2ccc(C(C)(C)C)cc2)cc1.CC(C)c1ccc([S+](c2ccccc2)c2ccccc2)cc1.Cc1cc(C)cc([S+](c2ccccc2)c2ccccc2)c1.Cc1ccc([S+](c2ccccc2)c2ccc(C)cc2)cc1.Cc1ccc([S+](c2ccccc2)c2ccccc2)c(C)c1. The molecule has 0 aliphatic heterocycles. The lowest BCUT2D eigenvalue weighted by Gasteiger charge is -2.20. The first-order valence-electron chi connectivity index (χ1n) is 38.9. The summed E-state index contributed by atoms with van der Waals surface area (Å²) in [6, 6.07) is 145. The van der Waals surface area contributed by atoms with Gasteiger partial charge in [-0.25, -0.2) is 0 Å². The molecule has 5 heteroatoms. The van der Waals surface area contributed by atoms with E-state index >= 15 is 0 Å². The van der Waals surface area contributed by atoms with Crippen LogP contribution in [0.5, 0.6) is 0 Å². The third kappa shape index (κ3) is 23.3. The Balaban J connectivity index is 0.000000139. The molecule has 0 fully saturated rings. The molecule has 0 amide bonds. The maximum absolute atomic E-state index is 2.32. The summed E-state index contributed by atoms with van der Waals surface area (Å²) in [7, 11) is -0.222. The molecule has 112 heavy (non-hydrogen) atoms. The molecule has 562 valence electrons. The predicted octanol–water partition coefficient (Wildman–Crippen LogP) is 29.5. The van der Waals surface area contributed by atoms with Crippen LogP contribution in [0, 0.1) is 41.5 Å². The predicted molar refractivity (Wildman–Crippen MR) is 487 cm³/mol. The summed E-state index contributed by atoms with van der Waals surface area (Å²) in [5, 5.41) is 0. The fraction of sp³-hybridized carbons (Fsp3) is 0.159. The standard InChI is InChI=1S/C26H31S.C21H21S.3C20H19S/c1-25(2,3)20-12-16-23(17-13-20)27(22-10-8-7-9-11-22)24-18-14-21(15-19-24)26(4,5)6;1-17(2)18-13-15-21(16-14-18)22(19-9-5-3-6-10-19)20-11-7-4-8-12-20;1-16-13-17(2)15-20(14-16)21(18-9-5-3-6-10-18)19-11-7-4-8-12-19;1-16-13-14-20(17(2)15-16)21(18-9-5-3-6-10-18)19-11-7-4-8-12-19;1-16-8-12-19(13-9-16)21(18-6-4-3-5-7-18)20-14-10-17(2)11-15-20/h7-19H,1-6H3;3-17H,1-2H3;3*3-15H,1-2H3/q5*+1. The van der Waals surface area contributed by atoms with Crippen molar-refractivity contribution in [3.05, 3.63) is 450 Å². The van der Waals surface area contributed by atoms with Crippen molar-refractivity contribution in [1.29, 1.82) is 0 Å². The molecule has 0 heterocycles. The van der Waals surface area contributed by atoms with Crippen LogP contribution in [0.15, 0.2) is 474 Å². The summed E-state index contributed by atoms with van der Waals surface area (Å²) >= 11 is 0. The van der Waals surface area contributed by atoms with Gasteiger partial charge in [-0.2, -0.15) is 0 Å². The Hall–Kier alpha value is -9.95. The molecule has 15 aromatic rings. The summed E-state index contributed by atoms with van der Waals surface area (Å²) in [6.07, 6.45) is 0. The minimum atomic E-state index is -0.0847. The Kier molecular flexibility index (Phi) is 30.0. The van der Waals surface area contributed by atoms with Crippen molar-refractivity contribution in [2.45, 2.75) is 187 Å². The summed E-state index contributed by atoms with van der Waals surface area (Å²) in [5.74, 6) is 0.573. The Morgan fingerprint density at radius 3 is 0.643 bits per heavy atom. The first-order valence-corrected chi connectivity index (χ1v) is 45.0. The summed E-state index contributed by atoms with van der Waals surface area (Å²) in [6.45, 7) is 31.1. The monoisotopic (exact) mass is 1550 g/mol. The van der Waals surface area contributed by atoms with Gasteiger partial charge in [-0.3, -0.25) is 0 Å². The third-order valence-corrected chi connectivity index (χ3v) is 30.3. The van der Waals surface area contributed by atoms with Crippen molar-refractivity contribution in [3.63, 3.8) is 0 Å². The van der Waals surface area contributed by atoms with Crippen LogP contribution < -0.4 is 0 Å². The number of hydrogen-bond acceptors (Lipinski definition) is 0. The van der Waals surface area contributed by atoms with E-state index in [1.165, 1.54) is 124 Å². The van der Waals surface area contributed by atoms with Crippen LogP contribution in [0.4, 0.5) is 0 Å². The van der Waals surface area contributed by atoms with Gasteiger partial charge >= 0.3 is 0 Å². The maximum atomic E-state index is 2.32. The molecule has 0 unspecified atom stereocenters. The molecular formula is C107H109S5+5. The lowest BCUT2D eigenvalue weighted by Crippen LogP contribution is -2.12. The van der Waals surface area contributed by atoms with Crippen LogP contribution in [0.1, 0.15) is 111 Å². The van der Waals surface area contributed by atoms with Gasteiger partial charge in [-0.15, -0.1) is 0 Å². The first-order chi connectivity index (χ1) is 54.1. The van der Waals surface area contributed by atoms with E-state index < -0.39 is 0 Å². The van der Waals surface area contributed by atoms with Crippen molar-refractivity contribution < 1.29 is 0 Å². The van der Waals surface area contributed by atoms with Gasteiger partial charge in [0.25, 0.3) is 0 Å². The van der Waals surface area contributed by atoms with Crippen LogP contribution >= 0.6 is 0 Å². The topological polar surface area (TPSA) is 0 Å². The molecule has 0 bridgehead atoms. The molecule has 0 saturated heterocycles. The Morgan fingerprint density at radius 2 is 0.402 bits per heavy atom. The minimum absolute atomic E-state index is 0.0312. The molecule has 0 aliphatic rings. The highest BCUT2D eigenvalue weighted by molar-refractivity contribution is 7.98. The molecule has 0 N–H and O–H groups in total. The van der Waals surface area contributed by atoms with E-state index in [0.717, 1.165) is 0 Å². The summed E-state index contributed by atoms with van der Waals surface area (Å²) in [4.78, 5) is 20.6. The van der Waals surface area contributed by atoms with E-state index in [1.807, 2.05) is 0 Å². The molecule has 0 nitrogen and oxygen atoms in total. The van der Waals surface area contributed by atoms with E-state index in [4.69, 9.17) is 0 Å². The molecular weight excluding hydrogens is 1450 g/mol. The highest BCUT2D eigenvalue weighted by Crippen LogP contribution is 2.39. The van der Waals surface area contributed by atoms with Crippen LogP contribution in [0.2, 0.25) is 0 Å². The normalized spacial score (nSPS) is 11.2. The van der Waals surface area contributed by atoms with Gasteiger partial charge < -0.3 is 0 Å². The van der Waals surface area contributed by atoms with Crippen LogP contribution in [-0.4, -0.2) is 0 Å². The zero-order valence-corrected chi connectivity index (χ0v) is 71.8. The first kappa shape index (κ1) is 83.0. The van der Waals surface area contributed by atoms with E-state index in [9.17, 15) is 0 Å².